The van der Waals surface area contributed by atoms with Crippen molar-refractivity contribution >= 4 is 32.8 Å². The number of carbonyl (C=O) groups is 1. The minimum Gasteiger partial charge on any atom is -0.494 e. The van der Waals surface area contributed by atoms with Gasteiger partial charge in [-0.15, -0.1) is 0 Å². The molecule has 0 saturated carbocycles. The Morgan fingerprint density at radius 1 is 1.10 bits per heavy atom. The monoisotopic (exact) mass is 485 g/mol. The zero-order valence-corrected chi connectivity index (χ0v) is 19.1. The van der Waals surface area contributed by atoms with Crippen molar-refractivity contribution in [3.05, 3.63) is 74.0 Å². The predicted molar refractivity (Wildman–Crippen MR) is 122 cm³/mol. The third kappa shape index (κ3) is 4.12. The van der Waals surface area contributed by atoms with E-state index in [-0.39, 0.29) is 17.1 Å². The van der Waals surface area contributed by atoms with Crippen molar-refractivity contribution in [3.63, 3.8) is 0 Å². The number of amides is 1. The second-order valence-electron chi connectivity index (χ2n) is 7.48. The minimum absolute atomic E-state index is 0.119. The molecular weight excluding hydrogens is 462 g/mol. The molecule has 4 rings (SSSR count). The first-order valence-corrected chi connectivity index (χ1v) is 11.1. The van der Waals surface area contributed by atoms with Crippen molar-refractivity contribution in [2.45, 2.75) is 25.8 Å². The number of hydrogen-bond acceptors (Lipinski definition) is 5. The van der Waals surface area contributed by atoms with Crippen LogP contribution in [0.2, 0.25) is 0 Å². The highest BCUT2D eigenvalue weighted by atomic mass is 79.9. The Hall–Kier alpha value is -2.64. The Bertz CT molecular complexity index is 1160. The Labute approximate surface area is 188 Å². The summed E-state index contributed by atoms with van der Waals surface area (Å²) in [5.41, 5.74) is 1.45. The zero-order chi connectivity index (χ0) is 22.0. The normalized spacial score (nSPS) is 15.5. The molecule has 3 aromatic rings. The van der Waals surface area contributed by atoms with Crippen LogP contribution in [0.15, 0.2) is 56.1 Å². The lowest BCUT2D eigenvalue weighted by molar-refractivity contribution is 0.0708. The third-order valence-electron chi connectivity index (χ3n) is 5.34. The summed E-state index contributed by atoms with van der Waals surface area (Å²) < 4.78 is 17.6. The van der Waals surface area contributed by atoms with Gasteiger partial charge in [-0.1, -0.05) is 35.0 Å². The average Bonchev–Trinajstić information content (AvgIpc) is 3.05. The summed E-state index contributed by atoms with van der Waals surface area (Å²) >= 11 is 3.42. The van der Waals surface area contributed by atoms with Crippen LogP contribution >= 0.6 is 15.9 Å². The molecule has 1 atom stereocenters. The van der Waals surface area contributed by atoms with Crippen molar-refractivity contribution < 1.29 is 18.7 Å². The molecule has 31 heavy (non-hydrogen) atoms. The van der Waals surface area contributed by atoms with Crippen LogP contribution in [0.5, 0.6) is 5.75 Å². The number of nitrogens with zero attached hydrogens (tertiary/aromatic N) is 1. The maximum Gasteiger partial charge on any atom is 0.290 e. The van der Waals surface area contributed by atoms with E-state index in [1.165, 1.54) is 0 Å². The van der Waals surface area contributed by atoms with Crippen LogP contribution in [-0.4, -0.2) is 37.7 Å². The van der Waals surface area contributed by atoms with E-state index in [1.807, 2.05) is 24.3 Å². The average molecular weight is 486 g/mol. The second kappa shape index (κ2) is 9.24. The van der Waals surface area contributed by atoms with Crippen molar-refractivity contribution in [1.29, 1.82) is 0 Å². The Balaban J connectivity index is 1.82. The van der Waals surface area contributed by atoms with Gasteiger partial charge in [0.1, 0.15) is 11.3 Å². The minimum atomic E-state index is -0.515. The lowest BCUT2D eigenvalue weighted by Gasteiger charge is -2.25. The number of hydrogen-bond donors (Lipinski definition) is 0. The van der Waals surface area contributed by atoms with Gasteiger partial charge in [0.15, 0.2) is 5.43 Å². The fourth-order valence-electron chi connectivity index (χ4n) is 3.92. The van der Waals surface area contributed by atoms with Crippen molar-refractivity contribution in [2.75, 3.05) is 26.9 Å². The molecule has 0 N–H and O–H groups in total. The summed E-state index contributed by atoms with van der Waals surface area (Å²) in [4.78, 5) is 28.4. The van der Waals surface area contributed by atoms with Gasteiger partial charge in [-0.25, -0.2) is 0 Å². The number of benzene rings is 2. The number of halogens is 1. The third-order valence-corrected chi connectivity index (χ3v) is 5.84. The van der Waals surface area contributed by atoms with Crippen LogP contribution in [0, 0.1) is 0 Å². The van der Waals surface area contributed by atoms with Gasteiger partial charge in [-0.05, 0) is 48.7 Å². The predicted octanol–water partition coefficient (Wildman–Crippen LogP) is 4.93. The number of ether oxygens (including phenoxy) is 2. The molecule has 2 heterocycles. The van der Waals surface area contributed by atoms with Crippen molar-refractivity contribution in [3.8, 4) is 5.75 Å². The molecule has 7 heteroatoms. The van der Waals surface area contributed by atoms with E-state index in [1.54, 1.807) is 30.2 Å². The molecule has 1 aliphatic rings. The lowest BCUT2D eigenvalue weighted by atomic mass is 9.98. The Kier molecular flexibility index (Phi) is 6.43. The van der Waals surface area contributed by atoms with Gasteiger partial charge in [0, 0.05) is 24.7 Å². The van der Waals surface area contributed by atoms with Crippen LogP contribution in [0.3, 0.4) is 0 Å². The first kappa shape index (κ1) is 21.6. The molecule has 0 spiro atoms. The quantitative estimate of drug-likeness (QED) is 0.423. The molecule has 0 bridgehead atoms. The fourth-order valence-corrected chi connectivity index (χ4v) is 4.28. The van der Waals surface area contributed by atoms with Gasteiger partial charge in [0.05, 0.1) is 23.6 Å². The summed E-state index contributed by atoms with van der Waals surface area (Å²) in [7, 11) is 1.63. The molecule has 2 aromatic carbocycles. The Morgan fingerprint density at radius 2 is 1.87 bits per heavy atom. The molecule has 0 radical (unpaired) electrons. The smallest absolute Gasteiger partial charge is 0.290 e. The second-order valence-corrected chi connectivity index (χ2v) is 8.40. The van der Waals surface area contributed by atoms with E-state index in [0.717, 1.165) is 22.2 Å². The van der Waals surface area contributed by atoms with E-state index < -0.39 is 6.04 Å². The van der Waals surface area contributed by atoms with E-state index in [4.69, 9.17) is 13.9 Å². The van der Waals surface area contributed by atoms with Gasteiger partial charge in [-0.2, -0.15) is 0 Å². The largest absolute Gasteiger partial charge is 0.494 e. The van der Waals surface area contributed by atoms with E-state index in [0.29, 0.717) is 42.7 Å². The van der Waals surface area contributed by atoms with Gasteiger partial charge in [-0.3, -0.25) is 9.59 Å². The number of fused-ring (bicyclic) bond motifs is 2. The molecule has 162 valence electrons. The molecule has 1 amide bonds. The van der Waals surface area contributed by atoms with Gasteiger partial charge in [0.25, 0.3) is 5.91 Å². The van der Waals surface area contributed by atoms with Crippen molar-refractivity contribution in [1.82, 2.24) is 4.90 Å². The van der Waals surface area contributed by atoms with E-state index in [2.05, 4.69) is 22.9 Å². The van der Waals surface area contributed by atoms with Crippen molar-refractivity contribution in [2.24, 2.45) is 0 Å². The molecule has 1 aliphatic heterocycles. The summed E-state index contributed by atoms with van der Waals surface area (Å²) in [5, 5.41) is 0.451. The SMILES string of the molecule is CCCOc1ccc(C2c3c(oc4ccc(Br)cc4c3=O)C(=O)N2CCCOC)cc1. The standard InChI is InChI=1S/C24H24BrNO5/c1-3-12-30-17-8-5-15(6-9-17)21-20-22(27)18-14-16(25)7-10-19(18)31-23(20)24(28)26(21)11-4-13-29-2/h5-10,14,21H,3-4,11-13H2,1-2H3. The fraction of sp³-hybridized carbons (Fsp3) is 0.333. The topological polar surface area (TPSA) is 69.0 Å². The first-order valence-electron chi connectivity index (χ1n) is 10.3. The summed E-state index contributed by atoms with van der Waals surface area (Å²) in [6, 6.07) is 12.3. The number of carbonyl (C=O) groups excluding carboxylic acids is 1. The van der Waals surface area contributed by atoms with Crippen LogP contribution in [0.1, 0.15) is 47.5 Å². The number of rotatable bonds is 8. The number of methoxy groups -OCH3 is 1. The Morgan fingerprint density at radius 3 is 2.58 bits per heavy atom. The molecule has 6 nitrogen and oxygen atoms in total. The van der Waals surface area contributed by atoms with Crippen LogP contribution < -0.4 is 10.2 Å². The van der Waals surface area contributed by atoms with Gasteiger partial charge in [0.2, 0.25) is 5.76 Å². The molecule has 1 aromatic heterocycles. The molecule has 0 aliphatic carbocycles. The zero-order valence-electron chi connectivity index (χ0n) is 17.5. The van der Waals surface area contributed by atoms with Gasteiger partial charge >= 0.3 is 0 Å². The molecule has 0 fully saturated rings. The summed E-state index contributed by atoms with van der Waals surface area (Å²) in [5.74, 6) is 0.605. The maximum atomic E-state index is 13.5. The van der Waals surface area contributed by atoms with Crippen LogP contribution in [-0.2, 0) is 4.74 Å². The summed E-state index contributed by atoms with van der Waals surface area (Å²) in [6.07, 6.45) is 1.58. The first-order chi connectivity index (χ1) is 15.0. The highest BCUT2D eigenvalue weighted by molar-refractivity contribution is 9.10. The maximum absolute atomic E-state index is 13.5. The van der Waals surface area contributed by atoms with Gasteiger partial charge < -0.3 is 18.8 Å². The highest BCUT2D eigenvalue weighted by Crippen LogP contribution is 2.38. The van der Waals surface area contributed by atoms with E-state index >= 15 is 0 Å². The molecule has 0 saturated heterocycles. The lowest BCUT2D eigenvalue weighted by Crippen LogP contribution is -2.31. The molecule has 1 unspecified atom stereocenters. The van der Waals surface area contributed by atoms with E-state index in [9.17, 15) is 9.59 Å². The summed E-state index contributed by atoms with van der Waals surface area (Å²) in [6.45, 7) is 3.66. The van der Waals surface area contributed by atoms with Crippen LogP contribution in [0.25, 0.3) is 11.0 Å². The van der Waals surface area contributed by atoms with Crippen LogP contribution in [0.4, 0.5) is 0 Å². The highest BCUT2D eigenvalue weighted by Gasteiger charge is 2.42. The molecular formula is C24H24BrNO5.